The van der Waals surface area contributed by atoms with Crippen LogP contribution in [0.2, 0.25) is 0 Å². The summed E-state index contributed by atoms with van der Waals surface area (Å²) in [5.74, 6) is 1.38. The van der Waals surface area contributed by atoms with Crippen molar-refractivity contribution < 1.29 is 4.57 Å². The predicted molar refractivity (Wildman–Crippen MR) is 67.5 cm³/mol. The van der Waals surface area contributed by atoms with Gasteiger partial charge in [0.2, 0.25) is 0 Å². The highest BCUT2D eigenvalue weighted by molar-refractivity contribution is 5.72. The highest BCUT2D eigenvalue weighted by atomic mass is 15.2. The normalized spacial score (nSPS) is 11.2. The van der Waals surface area contributed by atoms with E-state index in [9.17, 15) is 0 Å². The summed E-state index contributed by atoms with van der Waals surface area (Å²) in [5, 5.41) is 0. The molecule has 86 valence electrons. The lowest BCUT2D eigenvalue weighted by atomic mass is 10.3. The summed E-state index contributed by atoms with van der Waals surface area (Å²) in [6.45, 7) is 8.92. The Bertz CT molecular complexity index is 440. The van der Waals surface area contributed by atoms with E-state index >= 15 is 0 Å². The molecule has 0 bridgehead atoms. The fourth-order valence-electron chi connectivity index (χ4n) is 2.43. The zero-order chi connectivity index (χ0) is 11.5. The minimum Gasteiger partial charge on any atom is -0.227 e. The molecule has 0 N–H and O–H groups in total. The molecule has 0 fully saturated rings. The molecule has 16 heavy (non-hydrogen) atoms. The number of hydrogen-bond donors (Lipinski definition) is 0. The summed E-state index contributed by atoms with van der Waals surface area (Å²) in [4.78, 5) is 0. The Morgan fingerprint density at radius 1 is 1.12 bits per heavy atom. The van der Waals surface area contributed by atoms with Crippen LogP contribution in [0, 0.1) is 6.92 Å². The van der Waals surface area contributed by atoms with Crippen molar-refractivity contribution in [3.63, 3.8) is 0 Å². The molecule has 0 aliphatic heterocycles. The zero-order valence-electron chi connectivity index (χ0n) is 10.5. The Morgan fingerprint density at radius 3 is 2.56 bits per heavy atom. The maximum Gasteiger partial charge on any atom is 0.254 e. The molecule has 0 saturated carbocycles. The van der Waals surface area contributed by atoms with E-state index in [0.717, 1.165) is 13.1 Å². The van der Waals surface area contributed by atoms with Gasteiger partial charge in [0, 0.05) is 6.92 Å². The largest absolute Gasteiger partial charge is 0.254 e. The lowest BCUT2D eigenvalue weighted by molar-refractivity contribution is -0.678. The summed E-state index contributed by atoms with van der Waals surface area (Å²) in [7, 11) is 0. The molecule has 2 heteroatoms. The van der Waals surface area contributed by atoms with Crippen LogP contribution in [0.4, 0.5) is 0 Å². The van der Waals surface area contributed by atoms with E-state index in [0.29, 0.717) is 0 Å². The summed E-state index contributed by atoms with van der Waals surface area (Å²) in [5.41, 5.74) is 2.74. The molecule has 2 aromatic rings. The van der Waals surface area contributed by atoms with Crippen molar-refractivity contribution in [2.24, 2.45) is 0 Å². The number of hydrogen-bond acceptors (Lipinski definition) is 0. The Hall–Kier alpha value is -1.31. The minimum absolute atomic E-state index is 1.11. The molecule has 0 amide bonds. The van der Waals surface area contributed by atoms with E-state index in [1.807, 2.05) is 0 Å². The van der Waals surface area contributed by atoms with E-state index in [1.165, 1.54) is 29.7 Å². The molecule has 0 unspecified atom stereocenters. The van der Waals surface area contributed by atoms with Crippen LogP contribution in [0.1, 0.15) is 32.5 Å². The van der Waals surface area contributed by atoms with Gasteiger partial charge in [-0.2, -0.15) is 0 Å². The van der Waals surface area contributed by atoms with Gasteiger partial charge in [0.1, 0.15) is 0 Å². The summed E-state index contributed by atoms with van der Waals surface area (Å²) in [6.07, 6.45) is 2.37. The smallest absolute Gasteiger partial charge is 0.227 e. The third kappa shape index (κ3) is 1.73. The second kappa shape index (κ2) is 4.69. The first kappa shape index (κ1) is 11.2. The first-order chi connectivity index (χ1) is 7.79. The lowest BCUT2D eigenvalue weighted by Crippen LogP contribution is -2.36. The number of benzene rings is 1. The topological polar surface area (TPSA) is 8.81 Å². The van der Waals surface area contributed by atoms with Crippen molar-refractivity contribution in [2.45, 2.75) is 46.7 Å². The van der Waals surface area contributed by atoms with Gasteiger partial charge in [0.15, 0.2) is 11.0 Å². The van der Waals surface area contributed by atoms with Crippen molar-refractivity contribution in [3.05, 3.63) is 30.1 Å². The number of nitrogens with zero attached hydrogens (tertiary/aromatic N) is 2. The molecule has 0 radical (unpaired) electrons. The van der Waals surface area contributed by atoms with Gasteiger partial charge in [-0.05, 0) is 25.0 Å². The van der Waals surface area contributed by atoms with Gasteiger partial charge in [-0.15, -0.1) is 0 Å². The Balaban J connectivity index is 2.64. The van der Waals surface area contributed by atoms with Gasteiger partial charge in [-0.3, -0.25) is 0 Å². The van der Waals surface area contributed by atoms with E-state index in [2.05, 4.69) is 54.2 Å². The average Bonchev–Trinajstić information content (AvgIpc) is 2.56. The fourth-order valence-corrected chi connectivity index (χ4v) is 2.43. The Kier molecular flexibility index (Phi) is 3.28. The van der Waals surface area contributed by atoms with Crippen molar-refractivity contribution >= 4 is 11.0 Å². The molecule has 0 aliphatic rings. The molecule has 2 rings (SSSR count). The second-order valence-corrected chi connectivity index (χ2v) is 4.34. The first-order valence-corrected chi connectivity index (χ1v) is 6.27. The van der Waals surface area contributed by atoms with Gasteiger partial charge in [-0.25, -0.2) is 9.13 Å². The third-order valence-corrected chi connectivity index (χ3v) is 3.14. The SMILES string of the molecule is CCCn1c(C)[n+](CCC)c2ccccc21. The molecule has 0 spiro atoms. The number of aryl methyl sites for hydroxylation is 2. The van der Waals surface area contributed by atoms with Gasteiger partial charge in [0.05, 0.1) is 13.1 Å². The molecular formula is C14H21N2+. The van der Waals surface area contributed by atoms with Crippen LogP contribution in [-0.2, 0) is 13.1 Å². The van der Waals surface area contributed by atoms with E-state index < -0.39 is 0 Å². The van der Waals surface area contributed by atoms with E-state index in [1.54, 1.807) is 0 Å². The standard InChI is InChI=1S/C14H21N2/c1-4-10-15-12(3)16(11-5-2)14-9-7-6-8-13(14)15/h6-9H,4-5,10-11H2,1-3H3/q+1. The van der Waals surface area contributed by atoms with Crippen LogP contribution in [0.15, 0.2) is 24.3 Å². The van der Waals surface area contributed by atoms with E-state index in [-0.39, 0.29) is 0 Å². The maximum atomic E-state index is 2.44. The zero-order valence-corrected chi connectivity index (χ0v) is 10.5. The second-order valence-electron chi connectivity index (χ2n) is 4.34. The molecule has 0 saturated heterocycles. The molecule has 0 aliphatic carbocycles. The molecule has 1 aromatic carbocycles. The van der Waals surface area contributed by atoms with Crippen LogP contribution in [0.5, 0.6) is 0 Å². The van der Waals surface area contributed by atoms with Crippen LogP contribution in [0.3, 0.4) is 0 Å². The van der Waals surface area contributed by atoms with Crippen molar-refractivity contribution in [3.8, 4) is 0 Å². The number of rotatable bonds is 4. The summed E-state index contributed by atoms with van der Waals surface area (Å²) >= 11 is 0. The monoisotopic (exact) mass is 217 g/mol. The molecule has 1 heterocycles. The van der Waals surface area contributed by atoms with Crippen molar-refractivity contribution in [1.29, 1.82) is 0 Å². The molecule has 2 nitrogen and oxygen atoms in total. The van der Waals surface area contributed by atoms with Crippen LogP contribution < -0.4 is 4.57 Å². The van der Waals surface area contributed by atoms with Gasteiger partial charge in [0.25, 0.3) is 5.82 Å². The molecular weight excluding hydrogens is 196 g/mol. The maximum absolute atomic E-state index is 2.44. The first-order valence-electron chi connectivity index (χ1n) is 6.27. The van der Waals surface area contributed by atoms with Crippen LogP contribution in [-0.4, -0.2) is 4.57 Å². The molecule has 1 aromatic heterocycles. The Morgan fingerprint density at radius 2 is 1.88 bits per heavy atom. The molecule has 0 atom stereocenters. The van der Waals surface area contributed by atoms with Crippen molar-refractivity contribution in [1.82, 2.24) is 4.57 Å². The highest BCUT2D eigenvalue weighted by Gasteiger charge is 2.19. The fraction of sp³-hybridized carbons (Fsp3) is 0.500. The number of fused-ring (bicyclic) bond motifs is 1. The quantitative estimate of drug-likeness (QED) is 0.696. The average molecular weight is 217 g/mol. The predicted octanol–water partition coefficient (Wildman–Crippen LogP) is 3.06. The van der Waals surface area contributed by atoms with Gasteiger partial charge in [-0.1, -0.05) is 26.0 Å². The third-order valence-electron chi connectivity index (χ3n) is 3.14. The number of aromatic nitrogens is 2. The van der Waals surface area contributed by atoms with Gasteiger partial charge >= 0.3 is 0 Å². The minimum atomic E-state index is 1.11. The summed E-state index contributed by atoms with van der Waals surface area (Å²) in [6, 6.07) is 8.71. The Labute approximate surface area is 97.5 Å². The number of imidazole rings is 1. The van der Waals surface area contributed by atoms with Crippen LogP contribution >= 0.6 is 0 Å². The highest BCUT2D eigenvalue weighted by Crippen LogP contribution is 2.14. The van der Waals surface area contributed by atoms with Crippen LogP contribution in [0.25, 0.3) is 11.0 Å². The van der Waals surface area contributed by atoms with Gasteiger partial charge < -0.3 is 0 Å². The van der Waals surface area contributed by atoms with E-state index in [4.69, 9.17) is 0 Å². The lowest BCUT2D eigenvalue weighted by Gasteiger charge is -1.98. The summed E-state index contributed by atoms with van der Waals surface area (Å²) < 4.78 is 4.87. The number of para-hydroxylation sites is 2. The van der Waals surface area contributed by atoms with Crippen molar-refractivity contribution in [2.75, 3.05) is 0 Å².